The Balaban J connectivity index is 0. The van der Waals surface area contributed by atoms with Gasteiger partial charge >= 0.3 is 26.2 Å². The number of halogens is 2. The second-order valence-corrected chi connectivity index (χ2v) is 8.35. The molecule has 0 heterocycles. The molecule has 0 aromatic carbocycles. The van der Waals surface area contributed by atoms with E-state index in [9.17, 15) is 0 Å². The van der Waals surface area contributed by atoms with Gasteiger partial charge in [0.15, 0.2) is 0 Å². The molecular formula is C12H14Cl2SiZr. The van der Waals surface area contributed by atoms with Crippen molar-refractivity contribution in [3.8, 4) is 0 Å². The van der Waals surface area contributed by atoms with E-state index in [1.807, 2.05) is 0 Å². The van der Waals surface area contributed by atoms with E-state index in [0.29, 0.717) is 0 Å². The van der Waals surface area contributed by atoms with Crippen molar-refractivity contribution in [2.24, 2.45) is 0 Å². The minimum absolute atomic E-state index is 0. The van der Waals surface area contributed by atoms with Gasteiger partial charge in [-0.1, -0.05) is 13.1 Å². The number of rotatable bonds is 2. The maximum atomic E-state index is 3.45. The van der Waals surface area contributed by atoms with E-state index in [2.05, 4.69) is 49.6 Å². The summed E-state index contributed by atoms with van der Waals surface area (Å²) in [4.78, 5) is 0. The van der Waals surface area contributed by atoms with E-state index in [-0.39, 0.29) is 51.0 Å². The van der Waals surface area contributed by atoms with Crippen molar-refractivity contribution >= 4 is 8.07 Å². The van der Waals surface area contributed by atoms with Gasteiger partial charge in [-0.3, -0.25) is 12.2 Å². The van der Waals surface area contributed by atoms with Crippen molar-refractivity contribution in [2.75, 3.05) is 0 Å². The van der Waals surface area contributed by atoms with Gasteiger partial charge in [0.25, 0.3) is 0 Å². The van der Waals surface area contributed by atoms with Crippen molar-refractivity contribution in [1.82, 2.24) is 0 Å². The molecule has 4 heteroatoms. The Morgan fingerprint density at radius 3 is 1.56 bits per heavy atom. The SMILES string of the molecule is C[Si](C)(C1=[C-]CC=C1)C1=[C-]CC=C1.[Cl-].[Cl-].[Zr+4]. The fourth-order valence-electron chi connectivity index (χ4n) is 1.81. The fraction of sp³-hybridized carbons (Fsp3) is 0.333. The first-order valence-corrected chi connectivity index (χ1v) is 7.77. The normalized spacial score (nSPS) is 16.9. The summed E-state index contributed by atoms with van der Waals surface area (Å²) in [6.45, 7) is 4.76. The third kappa shape index (κ3) is 3.84. The first-order valence-electron chi connectivity index (χ1n) is 4.77. The molecule has 0 N–H and O–H groups in total. The van der Waals surface area contributed by atoms with Crippen molar-refractivity contribution in [3.05, 3.63) is 46.8 Å². The molecule has 0 bridgehead atoms. The summed E-state index contributed by atoms with van der Waals surface area (Å²) >= 11 is 0. The van der Waals surface area contributed by atoms with Gasteiger partial charge in [-0.05, 0) is 0 Å². The predicted octanol–water partition coefficient (Wildman–Crippen LogP) is -2.84. The fourth-order valence-corrected chi connectivity index (χ4v) is 4.26. The summed E-state index contributed by atoms with van der Waals surface area (Å²) in [7, 11) is -1.40. The molecule has 16 heavy (non-hydrogen) atoms. The van der Waals surface area contributed by atoms with Gasteiger partial charge in [-0.15, -0.1) is 12.8 Å². The van der Waals surface area contributed by atoms with Gasteiger partial charge in [0, 0.05) is 8.07 Å². The summed E-state index contributed by atoms with van der Waals surface area (Å²) in [5, 5.41) is 2.89. The maximum Gasteiger partial charge on any atom is 4.00 e. The van der Waals surface area contributed by atoms with Crippen LogP contribution in [-0.4, -0.2) is 8.07 Å². The molecule has 0 radical (unpaired) electrons. The van der Waals surface area contributed by atoms with Crippen LogP contribution < -0.4 is 24.8 Å². The van der Waals surface area contributed by atoms with E-state index in [0.717, 1.165) is 12.8 Å². The summed E-state index contributed by atoms with van der Waals surface area (Å²) in [6.07, 6.45) is 17.8. The van der Waals surface area contributed by atoms with E-state index >= 15 is 0 Å². The second kappa shape index (κ2) is 7.87. The molecule has 0 fully saturated rings. The molecule has 0 aliphatic heterocycles. The van der Waals surface area contributed by atoms with Crippen LogP contribution in [0.4, 0.5) is 0 Å². The molecule has 0 aromatic rings. The largest absolute Gasteiger partial charge is 4.00 e. The topological polar surface area (TPSA) is 0 Å². The second-order valence-electron chi connectivity index (χ2n) is 4.02. The van der Waals surface area contributed by atoms with Gasteiger partial charge < -0.3 is 24.8 Å². The van der Waals surface area contributed by atoms with Crippen LogP contribution in [0.1, 0.15) is 12.8 Å². The molecule has 2 aliphatic rings. The third-order valence-corrected chi connectivity index (χ3v) is 6.12. The molecule has 84 valence electrons. The minimum atomic E-state index is -1.40. The predicted molar refractivity (Wildman–Crippen MR) is 58.5 cm³/mol. The van der Waals surface area contributed by atoms with Crippen LogP contribution >= 0.6 is 0 Å². The molecule has 0 nitrogen and oxygen atoms in total. The van der Waals surface area contributed by atoms with Gasteiger partial charge in [-0.2, -0.15) is 12.2 Å². The zero-order chi connectivity index (χ0) is 9.31. The molecule has 0 amide bonds. The van der Waals surface area contributed by atoms with Crippen LogP contribution in [-0.2, 0) is 26.2 Å². The average Bonchev–Trinajstić information content (AvgIpc) is 2.78. The van der Waals surface area contributed by atoms with Crippen LogP contribution in [0.2, 0.25) is 13.1 Å². The summed E-state index contributed by atoms with van der Waals surface area (Å²) in [6, 6.07) is 0. The van der Waals surface area contributed by atoms with Crippen LogP contribution in [0.25, 0.3) is 0 Å². The zero-order valence-corrected chi connectivity index (χ0v) is 14.4. The van der Waals surface area contributed by atoms with Crippen molar-refractivity contribution in [3.63, 3.8) is 0 Å². The molecule has 2 aliphatic carbocycles. The minimum Gasteiger partial charge on any atom is -1.00 e. The Hall–Kier alpha value is 0.640. The molecule has 0 unspecified atom stereocenters. The molecule has 0 saturated heterocycles. The first-order chi connectivity index (χ1) is 6.21. The molecule has 0 atom stereocenters. The van der Waals surface area contributed by atoms with Gasteiger partial charge in [0.05, 0.1) is 0 Å². The van der Waals surface area contributed by atoms with Crippen LogP contribution in [0.3, 0.4) is 0 Å². The van der Waals surface area contributed by atoms with Gasteiger partial charge in [-0.25, -0.2) is 22.5 Å². The van der Waals surface area contributed by atoms with Gasteiger partial charge in [0.2, 0.25) is 0 Å². The Labute approximate surface area is 131 Å². The van der Waals surface area contributed by atoms with Gasteiger partial charge in [0.1, 0.15) is 0 Å². The molecule has 0 aromatic heterocycles. The van der Waals surface area contributed by atoms with E-state index in [4.69, 9.17) is 0 Å². The molecular weight excluding hydrogens is 334 g/mol. The monoisotopic (exact) mass is 346 g/mol. The number of hydrogen-bond acceptors (Lipinski definition) is 0. The zero-order valence-electron chi connectivity index (χ0n) is 9.48. The summed E-state index contributed by atoms with van der Waals surface area (Å²) in [5.74, 6) is 0. The Kier molecular flexibility index (Phi) is 9.34. The van der Waals surface area contributed by atoms with Crippen molar-refractivity contribution in [1.29, 1.82) is 0 Å². The van der Waals surface area contributed by atoms with E-state index in [1.54, 1.807) is 0 Å². The summed E-state index contributed by atoms with van der Waals surface area (Å²) < 4.78 is 0. The standard InChI is InChI=1S/C12H14Si.2ClH.Zr/c1-13(2,11-7-3-4-8-11)12-9-5-6-10-12;;;/h3,5,7,9H,4,6H2,1-2H3;2*1H;/q-2;;;+4/p-2. The third-order valence-electron chi connectivity index (χ3n) is 2.74. The van der Waals surface area contributed by atoms with Crippen molar-refractivity contribution < 1.29 is 51.0 Å². The van der Waals surface area contributed by atoms with E-state index < -0.39 is 8.07 Å². The average molecular weight is 348 g/mol. The molecule has 0 spiro atoms. The Morgan fingerprint density at radius 2 is 1.31 bits per heavy atom. The quantitative estimate of drug-likeness (QED) is 0.373. The smallest absolute Gasteiger partial charge is 1.00 e. The first kappa shape index (κ1) is 19.0. The van der Waals surface area contributed by atoms with Crippen molar-refractivity contribution in [2.45, 2.75) is 25.9 Å². The molecule has 0 saturated carbocycles. The molecule has 2 rings (SSSR count). The van der Waals surface area contributed by atoms with Crippen LogP contribution in [0, 0.1) is 12.2 Å². The Bertz CT molecular complexity index is 309. The number of allylic oxidation sites excluding steroid dienone is 8. The van der Waals surface area contributed by atoms with Crippen LogP contribution in [0.5, 0.6) is 0 Å². The maximum absolute atomic E-state index is 3.45. The van der Waals surface area contributed by atoms with E-state index in [1.165, 1.54) is 10.4 Å². The Morgan fingerprint density at radius 1 is 0.938 bits per heavy atom. The number of hydrogen-bond donors (Lipinski definition) is 0. The van der Waals surface area contributed by atoms with Crippen LogP contribution in [0.15, 0.2) is 34.7 Å². The summed E-state index contributed by atoms with van der Waals surface area (Å²) in [5.41, 5.74) is 0.